The van der Waals surface area contributed by atoms with Gasteiger partial charge in [0.2, 0.25) is 0 Å². The van der Waals surface area contributed by atoms with E-state index in [1.54, 1.807) is 4.68 Å². The minimum Gasteiger partial charge on any atom is -0.242 e. The van der Waals surface area contributed by atoms with Crippen LogP contribution >= 0.6 is 11.6 Å². The normalized spacial score (nSPS) is 10.7. The molecule has 0 N–H and O–H groups in total. The van der Waals surface area contributed by atoms with Crippen LogP contribution in [0.25, 0.3) is 5.82 Å². The van der Waals surface area contributed by atoms with Gasteiger partial charge in [0.1, 0.15) is 11.5 Å². The van der Waals surface area contributed by atoms with E-state index in [0.717, 1.165) is 17.0 Å². The Morgan fingerprint density at radius 1 is 1.20 bits per heavy atom. The van der Waals surface area contributed by atoms with Crippen LogP contribution in [0.3, 0.4) is 0 Å². The first kappa shape index (κ1) is 10.1. The van der Waals surface area contributed by atoms with Crippen LogP contribution in [0.1, 0.15) is 17.0 Å². The van der Waals surface area contributed by atoms with Crippen molar-refractivity contribution in [3.63, 3.8) is 0 Å². The van der Waals surface area contributed by atoms with Gasteiger partial charge in [-0.3, -0.25) is 0 Å². The lowest BCUT2D eigenvalue weighted by Gasteiger charge is -2.01. The Morgan fingerprint density at radius 3 is 2.47 bits per heavy atom. The Morgan fingerprint density at radius 2 is 1.93 bits per heavy atom. The van der Waals surface area contributed by atoms with E-state index in [9.17, 15) is 0 Å². The Balaban J connectivity index is 2.59. The van der Waals surface area contributed by atoms with Gasteiger partial charge >= 0.3 is 0 Å². The van der Waals surface area contributed by atoms with Gasteiger partial charge in [0.15, 0.2) is 5.82 Å². The number of hydrogen-bond acceptors (Lipinski definition) is 3. The number of aromatic nitrogens is 4. The average molecular weight is 223 g/mol. The van der Waals surface area contributed by atoms with Crippen molar-refractivity contribution in [3.05, 3.63) is 34.5 Å². The molecule has 0 atom stereocenters. The molecule has 2 rings (SSSR count). The Labute approximate surface area is 92.9 Å². The molecule has 78 valence electrons. The molecule has 2 heterocycles. The van der Waals surface area contributed by atoms with Crippen molar-refractivity contribution in [2.45, 2.75) is 20.8 Å². The van der Waals surface area contributed by atoms with Crippen LogP contribution in [-0.4, -0.2) is 19.7 Å². The van der Waals surface area contributed by atoms with E-state index in [0.29, 0.717) is 11.0 Å². The fourth-order valence-electron chi connectivity index (χ4n) is 1.29. The summed E-state index contributed by atoms with van der Waals surface area (Å²) in [7, 11) is 0. The maximum Gasteiger partial charge on any atom is 0.158 e. The first-order valence-electron chi connectivity index (χ1n) is 4.60. The zero-order chi connectivity index (χ0) is 11.0. The van der Waals surface area contributed by atoms with Gasteiger partial charge in [-0.05, 0) is 20.8 Å². The maximum absolute atomic E-state index is 6.14. The van der Waals surface area contributed by atoms with Gasteiger partial charge in [0.05, 0.1) is 5.69 Å². The van der Waals surface area contributed by atoms with Gasteiger partial charge in [-0.2, -0.15) is 5.10 Å². The summed E-state index contributed by atoms with van der Waals surface area (Å²) in [6, 6.07) is 1.84. The summed E-state index contributed by atoms with van der Waals surface area (Å²) in [5.41, 5.74) is 2.78. The van der Waals surface area contributed by atoms with E-state index in [-0.39, 0.29) is 0 Å². The predicted octanol–water partition coefficient (Wildman–Crippen LogP) is 2.24. The van der Waals surface area contributed by atoms with Crippen molar-refractivity contribution in [2.75, 3.05) is 0 Å². The van der Waals surface area contributed by atoms with Crippen molar-refractivity contribution in [1.29, 1.82) is 0 Å². The largest absolute Gasteiger partial charge is 0.242 e. The average Bonchev–Trinajstić information content (AvgIpc) is 2.46. The van der Waals surface area contributed by atoms with Crippen LogP contribution in [0.15, 0.2) is 12.4 Å². The van der Waals surface area contributed by atoms with E-state index in [1.807, 2.05) is 26.8 Å². The molecule has 0 spiro atoms. The molecule has 0 saturated heterocycles. The second-order valence-corrected chi connectivity index (χ2v) is 3.79. The maximum atomic E-state index is 6.14. The highest BCUT2D eigenvalue weighted by Crippen LogP contribution is 2.21. The Hall–Kier alpha value is -1.42. The summed E-state index contributed by atoms with van der Waals surface area (Å²) in [5, 5.41) is 4.92. The van der Waals surface area contributed by atoms with E-state index in [2.05, 4.69) is 15.1 Å². The van der Waals surface area contributed by atoms with Crippen molar-refractivity contribution < 1.29 is 0 Å². The van der Waals surface area contributed by atoms with Gasteiger partial charge < -0.3 is 0 Å². The third-order valence-electron chi connectivity index (χ3n) is 2.29. The smallest absolute Gasteiger partial charge is 0.158 e. The van der Waals surface area contributed by atoms with Gasteiger partial charge in [-0.25, -0.2) is 14.6 Å². The van der Waals surface area contributed by atoms with E-state index < -0.39 is 0 Å². The zero-order valence-corrected chi connectivity index (χ0v) is 9.58. The van der Waals surface area contributed by atoms with Crippen molar-refractivity contribution >= 4 is 11.6 Å². The minimum atomic E-state index is 0.602. The molecule has 4 nitrogen and oxygen atoms in total. The highest BCUT2D eigenvalue weighted by molar-refractivity contribution is 6.30. The summed E-state index contributed by atoms with van der Waals surface area (Å²) in [4.78, 5) is 8.16. The van der Waals surface area contributed by atoms with Crippen LogP contribution in [0, 0.1) is 20.8 Å². The highest BCUT2D eigenvalue weighted by Gasteiger charge is 2.11. The summed E-state index contributed by atoms with van der Waals surface area (Å²) < 4.78 is 1.63. The quantitative estimate of drug-likeness (QED) is 0.743. The lowest BCUT2D eigenvalue weighted by atomic mass is 10.3. The molecule has 0 saturated carbocycles. The zero-order valence-electron chi connectivity index (χ0n) is 8.82. The number of aryl methyl sites for hydroxylation is 2. The van der Waals surface area contributed by atoms with Gasteiger partial charge in [0, 0.05) is 17.3 Å². The van der Waals surface area contributed by atoms with E-state index >= 15 is 0 Å². The summed E-state index contributed by atoms with van der Waals surface area (Å²) in [5.74, 6) is 0.698. The molecule has 0 aliphatic carbocycles. The van der Waals surface area contributed by atoms with Gasteiger partial charge in [-0.15, -0.1) is 0 Å². The van der Waals surface area contributed by atoms with E-state index in [1.165, 1.54) is 6.33 Å². The molecular weight excluding hydrogens is 212 g/mol. The lowest BCUT2D eigenvalue weighted by Crippen LogP contribution is -2.01. The summed E-state index contributed by atoms with van der Waals surface area (Å²) in [6.45, 7) is 5.77. The first-order valence-corrected chi connectivity index (χ1v) is 4.98. The Kier molecular flexibility index (Phi) is 2.44. The van der Waals surface area contributed by atoms with Crippen LogP contribution in [0.5, 0.6) is 0 Å². The molecule has 0 radical (unpaired) electrons. The monoisotopic (exact) mass is 222 g/mol. The third kappa shape index (κ3) is 1.72. The second-order valence-electron chi connectivity index (χ2n) is 3.43. The molecule has 0 aromatic carbocycles. The summed E-state index contributed by atoms with van der Waals surface area (Å²) >= 11 is 6.14. The molecule has 0 aliphatic heterocycles. The number of halogens is 1. The first-order chi connectivity index (χ1) is 7.09. The third-order valence-corrected chi connectivity index (χ3v) is 2.74. The van der Waals surface area contributed by atoms with E-state index in [4.69, 9.17) is 11.6 Å². The number of nitrogens with zero attached hydrogens (tertiary/aromatic N) is 4. The molecule has 0 bridgehead atoms. The van der Waals surface area contributed by atoms with Crippen LogP contribution in [-0.2, 0) is 0 Å². The molecule has 5 heteroatoms. The van der Waals surface area contributed by atoms with Crippen LogP contribution in [0.2, 0.25) is 5.15 Å². The Bertz CT molecular complexity index is 504. The van der Waals surface area contributed by atoms with Crippen LogP contribution in [0.4, 0.5) is 0 Å². The SMILES string of the molecule is Cc1cc(-n2nc(C)c(C)c2Cl)ncn1. The molecule has 15 heavy (non-hydrogen) atoms. The molecule has 0 aliphatic rings. The lowest BCUT2D eigenvalue weighted by molar-refractivity contribution is 0.822. The molecule has 0 fully saturated rings. The topological polar surface area (TPSA) is 43.6 Å². The fourth-order valence-corrected chi connectivity index (χ4v) is 1.55. The van der Waals surface area contributed by atoms with Gasteiger partial charge in [0.25, 0.3) is 0 Å². The summed E-state index contributed by atoms with van der Waals surface area (Å²) in [6.07, 6.45) is 1.51. The van der Waals surface area contributed by atoms with Crippen molar-refractivity contribution in [2.24, 2.45) is 0 Å². The second kappa shape index (κ2) is 3.62. The standard InChI is InChI=1S/C10H11ClN4/c1-6-4-9(13-5-12-6)15-10(11)7(2)8(3)14-15/h4-5H,1-3H3. The molecule has 2 aromatic rings. The number of hydrogen-bond donors (Lipinski definition) is 0. The van der Waals surface area contributed by atoms with Crippen molar-refractivity contribution in [1.82, 2.24) is 19.7 Å². The minimum absolute atomic E-state index is 0.602. The van der Waals surface area contributed by atoms with Gasteiger partial charge in [-0.1, -0.05) is 11.6 Å². The van der Waals surface area contributed by atoms with Crippen LogP contribution < -0.4 is 0 Å². The molecule has 0 unspecified atom stereocenters. The molecular formula is C10H11ClN4. The highest BCUT2D eigenvalue weighted by atomic mass is 35.5. The molecule has 0 amide bonds. The molecule has 2 aromatic heterocycles. The van der Waals surface area contributed by atoms with Crippen molar-refractivity contribution in [3.8, 4) is 5.82 Å². The number of rotatable bonds is 1. The fraction of sp³-hybridized carbons (Fsp3) is 0.300. The predicted molar refractivity (Wildman–Crippen MR) is 58.4 cm³/mol.